The minimum Gasteiger partial charge on any atom is -0.471 e. The molecule has 16 nitrogen and oxygen atoms in total. The fraction of sp³-hybridized carbons (Fsp3) is 0.463. The van der Waals surface area contributed by atoms with Crippen LogP contribution in [-0.4, -0.2) is 93.0 Å². The molecule has 0 radical (unpaired) electrons. The van der Waals surface area contributed by atoms with Gasteiger partial charge in [0, 0.05) is 31.1 Å². The van der Waals surface area contributed by atoms with Gasteiger partial charge in [-0.3, -0.25) is 9.59 Å². The Hall–Kier alpha value is -5.58. The Morgan fingerprint density at radius 3 is 1.82 bits per heavy atom. The molecule has 0 spiro atoms. The molecule has 0 aliphatic carbocycles. The van der Waals surface area contributed by atoms with Crippen LogP contribution in [0.5, 0.6) is 5.88 Å². The summed E-state index contributed by atoms with van der Waals surface area (Å²) in [5.41, 5.74) is 16.6. The number of amidine groups is 1. The molecule has 2 aromatic carbocycles. The maximum absolute atomic E-state index is 12.4. The number of rotatable bonds is 14. The van der Waals surface area contributed by atoms with E-state index in [1.165, 1.54) is 6.33 Å². The molecule has 304 valence electrons. The molecule has 3 aliphatic heterocycles. The van der Waals surface area contributed by atoms with Crippen LogP contribution >= 0.6 is 0 Å². The van der Waals surface area contributed by atoms with Crippen LogP contribution in [0.15, 0.2) is 72.1 Å². The van der Waals surface area contributed by atoms with Crippen molar-refractivity contribution in [2.75, 3.05) is 45.0 Å². The van der Waals surface area contributed by atoms with Crippen molar-refractivity contribution in [3.63, 3.8) is 0 Å². The zero-order chi connectivity index (χ0) is 40.0. The van der Waals surface area contributed by atoms with Gasteiger partial charge in [-0.25, -0.2) is 9.98 Å². The first-order chi connectivity index (χ1) is 27.8. The molecule has 5 heterocycles. The van der Waals surface area contributed by atoms with Crippen molar-refractivity contribution in [1.82, 2.24) is 45.7 Å². The Labute approximate surface area is 333 Å². The van der Waals surface area contributed by atoms with Crippen LogP contribution in [0.1, 0.15) is 61.8 Å². The number of ether oxygens (including phenoxy) is 2. The number of anilines is 1. The Morgan fingerprint density at radius 2 is 1.30 bits per heavy atom. The number of nitrogen functional groups attached to an aromatic ring is 1. The van der Waals surface area contributed by atoms with Gasteiger partial charge in [-0.1, -0.05) is 62.4 Å². The summed E-state index contributed by atoms with van der Waals surface area (Å²) in [5.74, 6) is 1.54. The minimum atomic E-state index is -0.451. The van der Waals surface area contributed by atoms with Crippen LogP contribution in [0, 0.1) is 11.8 Å². The lowest BCUT2D eigenvalue weighted by atomic mass is 9.96. The fourth-order valence-electron chi connectivity index (χ4n) is 6.97. The van der Waals surface area contributed by atoms with E-state index in [1.54, 1.807) is 12.3 Å². The number of aliphatic imine (C=N–C) groups is 1. The molecule has 2 saturated heterocycles. The summed E-state index contributed by atoms with van der Waals surface area (Å²) in [7, 11) is 0. The lowest BCUT2D eigenvalue weighted by Crippen LogP contribution is -2.40. The van der Waals surface area contributed by atoms with E-state index in [9.17, 15) is 9.59 Å². The molecular formula is C41H56N12O4. The van der Waals surface area contributed by atoms with Crippen molar-refractivity contribution in [1.29, 1.82) is 0 Å². The van der Waals surface area contributed by atoms with Gasteiger partial charge in [-0.15, -0.1) is 0 Å². The molecule has 57 heavy (non-hydrogen) atoms. The molecule has 0 bridgehead atoms. The SMILES string of the molecule is CCN1CCC(C(=O)NCc2ccc(COC3N=C(N)C=CN3)cc2)CC1.CCN1CCC(C(=O)NCc2ccc(COc3nc(N)nc4nc[nH]c34)cc2)CC1. The lowest BCUT2D eigenvalue weighted by Gasteiger charge is -2.30. The standard InChI is InChI=1S/C21H27N7O2.C20H29N5O2/c1-2-28-9-7-16(8-10-28)19(29)23-11-14-3-5-15(6-4-14)12-30-20-17-18(25-13-24-17)26-21(22)27-20;1-2-25-11-8-17(9-12-25)19(26)23-13-15-3-5-16(6-4-15)14-27-20-22-10-7-18(21)24-20/h3-6,13,16H,2,7-12H2,1H3,(H,23,29)(H3,22,24,25,26,27);3-7,10,17,20,22H,2,8-9,11-14H2,1H3,(H2,21,24)(H,23,26). The van der Waals surface area contributed by atoms with Gasteiger partial charge in [0.2, 0.25) is 30.0 Å². The fourth-order valence-corrected chi connectivity index (χ4v) is 6.97. The molecular weight excluding hydrogens is 725 g/mol. The Morgan fingerprint density at radius 1 is 0.772 bits per heavy atom. The van der Waals surface area contributed by atoms with E-state index < -0.39 is 6.35 Å². The second kappa shape index (κ2) is 20.5. The molecule has 2 aromatic heterocycles. The number of nitrogens with one attached hydrogen (secondary N) is 4. The van der Waals surface area contributed by atoms with Crippen LogP contribution in [-0.2, 0) is 40.6 Å². The molecule has 2 fully saturated rings. The molecule has 0 saturated carbocycles. The number of H-pyrrole nitrogens is 1. The summed E-state index contributed by atoms with van der Waals surface area (Å²) in [6.07, 6.45) is 8.28. The predicted molar refractivity (Wildman–Crippen MR) is 219 cm³/mol. The number of nitrogens with zero attached hydrogens (tertiary/aromatic N) is 6. The van der Waals surface area contributed by atoms with Crippen molar-refractivity contribution < 1.29 is 19.1 Å². The van der Waals surface area contributed by atoms with Gasteiger partial charge in [0.25, 0.3) is 0 Å². The molecule has 2 amide bonds. The molecule has 1 unspecified atom stereocenters. The first-order valence-electron chi connectivity index (χ1n) is 19.9. The second-order valence-electron chi connectivity index (χ2n) is 14.5. The summed E-state index contributed by atoms with van der Waals surface area (Å²) in [4.78, 5) is 48.9. The van der Waals surface area contributed by atoms with Crippen molar-refractivity contribution in [3.05, 3.63) is 89.4 Å². The number of nitrogens with two attached hydrogens (primary N) is 2. The Balaban J connectivity index is 0.000000194. The van der Waals surface area contributed by atoms with Crippen LogP contribution < -0.4 is 32.2 Å². The number of aromatic nitrogens is 4. The molecule has 3 aliphatic rings. The van der Waals surface area contributed by atoms with Gasteiger partial charge in [0.05, 0.1) is 12.9 Å². The summed E-state index contributed by atoms with van der Waals surface area (Å²) < 4.78 is 11.5. The van der Waals surface area contributed by atoms with E-state index in [4.69, 9.17) is 20.9 Å². The van der Waals surface area contributed by atoms with Crippen molar-refractivity contribution in [3.8, 4) is 5.88 Å². The quantitative estimate of drug-likeness (QED) is 0.109. The number of piperidine rings is 2. The van der Waals surface area contributed by atoms with E-state index >= 15 is 0 Å². The largest absolute Gasteiger partial charge is 0.471 e. The summed E-state index contributed by atoms with van der Waals surface area (Å²) in [6.45, 7) is 12.4. The van der Waals surface area contributed by atoms with Gasteiger partial charge in [0.15, 0.2) is 5.65 Å². The van der Waals surface area contributed by atoms with E-state index in [0.29, 0.717) is 49.2 Å². The van der Waals surface area contributed by atoms with Crippen LogP contribution in [0.25, 0.3) is 11.2 Å². The Bertz CT molecular complexity index is 1950. The number of hydrogen-bond acceptors (Lipinski definition) is 13. The highest BCUT2D eigenvalue weighted by atomic mass is 16.5. The second-order valence-corrected chi connectivity index (χ2v) is 14.5. The zero-order valence-corrected chi connectivity index (χ0v) is 33.0. The van der Waals surface area contributed by atoms with E-state index in [2.05, 4.69) is 64.5 Å². The molecule has 7 rings (SSSR count). The maximum atomic E-state index is 12.4. The summed E-state index contributed by atoms with van der Waals surface area (Å²) in [6, 6.07) is 16.0. The number of amides is 2. The third kappa shape index (κ3) is 12.2. The molecule has 8 N–H and O–H groups in total. The third-order valence-electron chi connectivity index (χ3n) is 10.6. The topological polar surface area (TPSA) is 214 Å². The smallest absolute Gasteiger partial charge is 0.245 e. The number of aromatic amines is 1. The number of hydrogen-bond donors (Lipinski definition) is 6. The van der Waals surface area contributed by atoms with Gasteiger partial charge < -0.3 is 51.7 Å². The van der Waals surface area contributed by atoms with Crippen molar-refractivity contribution in [2.45, 2.75) is 72.2 Å². The molecule has 16 heteroatoms. The average Bonchev–Trinajstić information content (AvgIpc) is 3.73. The highest BCUT2D eigenvalue weighted by molar-refractivity contribution is 5.91. The maximum Gasteiger partial charge on any atom is 0.245 e. The monoisotopic (exact) mass is 780 g/mol. The third-order valence-corrected chi connectivity index (χ3v) is 10.6. The number of carbonyl (C=O) groups excluding carboxylic acids is 2. The first-order valence-corrected chi connectivity index (χ1v) is 19.9. The number of likely N-dealkylation sites (tertiary alicyclic amines) is 2. The predicted octanol–water partition coefficient (Wildman–Crippen LogP) is 3.17. The number of imidazole rings is 1. The number of benzene rings is 2. The normalized spacial score (nSPS) is 17.9. The van der Waals surface area contributed by atoms with Gasteiger partial charge in [-0.2, -0.15) is 9.97 Å². The average molecular weight is 781 g/mol. The highest BCUT2D eigenvalue weighted by Crippen LogP contribution is 2.22. The van der Waals surface area contributed by atoms with E-state index in [1.807, 2.05) is 48.5 Å². The minimum absolute atomic E-state index is 0.121. The van der Waals surface area contributed by atoms with Crippen molar-refractivity contribution >= 4 is 34.8 Å². The van der Waals surface area contributed by atoms with Crippen LogP contribution in [0.3, 0.4) is 0 Å². The summed E-state index contributed by atoms with van der Waals surface area (Å²) in [5, 5.41) is 9.12. The van der Waals surface area contributed by atoms with Crippen LogP contribution in [0.4, 0.5) is 5.95 Å². The van der Waals surface area contributed by atoms with Gasteiger partial charge in [0.1, 0.15) is 18.0 Å². The van der Waals surface area contributed by atoms with Crippen LogP contribution in [0.2, 0.25) is 0 Å². The first kappa shape index (κ1) is 41.1. The van der Waals surface area contributed by atoms with Gasteiger partial charge >= 0.3 is 0 Å². The zero-order valence-electron chi connectivity index (χ0n) is 33.0. The summed E-state index contributed by atoms with van der Waals surface area (Å²) >= 11 is 0. The molecule has 1 atom stereocenters. The van der Waals surface area contributed by atoms with E-state index in [0.717, 1.165) is 87.2 Å². The lowest BCUT2D eigenvalue weighted by molar-refractivity contribution is -0.127. The van der Waals surface area contributed by atoms with Crippen molar-refractivity contribution in [2.24, 2.45) is 22.6 Å². The number of fused-ring (bicyclic) bond motifs is 1. The number of carbonyl (C=O) groups is 2. The van der Waals surface area contributed by atoms with Gasteiger partial charge in [-0.05, 0) is 93.3 Å². The van der Waals surface area contributed by atoms with E-state index in [-0.39, 0.29) is 29.6 Å². The highest BCUT2D eigenvalue weighted by Gasteiger charge is 2.25. The molecule has 4 aromatic rings. The Kier molecular flexibility index (Phi) is 14.8.